The fourth-order valence-corrected chi connectivity index (χ4v) is 4.02. The lowest BCUT2D eigenvalue weighted by molar-refractivity contribution is 0.102. The number of nitrogens with one attached hydrogen (secondary N) is 1. The van der Waals surface area contributed by atoms with Gasteiger partial charge in [-0.3, -0.25) is 4.79 Å². The Balaban J connectivity index is 1.66. The molecular formula is C22H20N2OS. The average molecular weight is 360 g/mol. The van der Waals surface area contributed by atoms with E-state index in [4.69, 9.17) is 0 Å². The van der Waals surface area contributed by atoms with Gasteiger partial charge in [-0.15, -0.1) is 11.8 Å². The molecule has 0 radical (unpaired) electrons. The summed E-state index contributed by atoms with van der Waals surface area (Å²) in [6.07, 6.45) is 3.01. The molecule has 4 heteroatoms. The molecule has 130 valence electrons. The Labute approximate surface area is 158 Å². The first kappa shape index (κ1) is 16.7. The van der Waals surface area contributed by atoms with Gasteiger partial charge in [0, 0.05) is 17.1 Å². The zero-order chi connectivity index (χ0) is 17.9. The van der Waals surface area contributed by atoms with Gasteiger partial charge in [-0.1, -0.05) is 42.5 Å². The summed E-state index contributed by atoms with van der Waals surface area (Å²) >= 11 is 1.58. The molecule has 0 atom stereocenters. The molecule has 1 amide bonds. The highest BCUT2D eigenvalue weighted by molar-refractivity contribution is 7.98. The van der Waals surface area contributed by atoms with Gasteiger partial charge in [0.1, 0.15) is 0 Å². The molecule has 0 saturated heterocycles. The molecule has 1 aliphatic rings. The van der Waals surface area contributed by atoms with Crippen molar-refractivity contribution < 1.29 is 4.79 Å². The quantitative estimate of drug-likeness (QED) is 0.636. The summed E-state index contributed by atoms with van der Waals surface area (Å²) in [5.41, 5.74) is 5.15. The van der Waals surface area contributed by atoms with E-state index in [0.29, 0.717) is 5.56 Å². The van der Waals surface area contributed by atoms with Crippen LogP contribution in [-0.4, -0.2) is 18.7 Å². The summed E-state index contributed by atoms with van der Waals surface area (Å²) in [6.45, 7) is 0.924. The summed E-state index contributed by atoms with van der Waals surface area (Å²) in [7, 11) is 0. The van der Waals surface area contributed by atoms with Crippen molar-refractivity contribution in [3.05, 3.63) is 83.9 Å². The molecule has 4 rings (SSSR count). The van der Waals surface area contributed by atoms with Gasteiger partial charge in [0.25, 0.3) is 5.91 Å². The van der Waals surface area contributed by atoms with Crippen LogP contribution in [0, 0.1) is 0 Å². The van der Waals surface area contributed by atoms with Crippen LogP contribution in [0.3, 0.4) is 0 Å². The van der Waals surface area contributed by atoms with Crippen molar-refractivity contribution in [2.24, 2.45) is 0 Å². The average Bonchev–Trinajstić information content (AvgIpc) is 3.12. The summed E-state index contributed by atoms with van der Waals surface area (Å²) in [5, 5.41) is 3.12. The van der Waals surface area contributed by atoms with Gasteiger partial charge in [-0.25, -0.2) is 0 Å². The Kier molecular flexibility index (Phi) is 4.67. The maximum Gasteiger partial charge on any atom is 0.256 e. The van der Waals surface area contributed by atoms with E-state index in [-0.39, 0.29) is 5.91 Å². The largest absolute Gasteiger partial charge is 0.339 e. The second kappa shape index (κ2) is 7.26. The highest BCUT2D eigenvalue weighted by Gasteiger charge is 2.22. The number of anilines is 3. The number of carbonyl (C=O) groups excluding carboxylic acids is 1. The Hall–Kier alpha value is -2.72. The van der Waals surface area contributed by atoms with Crippen LogP contribution in [-0.2, 0) is 6.42 Å². The van der Waals surface area contributed by atoms with Crippen molar-refractivity contribution in [3.63, 3.8) is 0 Å². The third kappa shape index (κ3) is 3.08. The van der Waals surface area contributed by atoms with Gasteiger partial charge in [0.05, 0.1) is 16.9 Å². The number of amides is 1. The maximum absolute atomic E-state index is 12.9. The van der Waals surface area contributed by atoms with Crippen LogP contribution < -0.4 is 10.2 Å². The van der Waals surface area contributed by atoms with E-state index in [9.17, 15) is 4.79 Å². The molecule has 0 unspecified atom stereocenters. The molecule has 3 nitrogen and oxygen atoms in total. The van der Waals surface area contributed by atoms with Crippen LogP contribution in [0.25, 0.3) is 0 Å². The summed E-state index contributed by atoms with van der Waals surface area (Å²) in [6, 6.07) is 24.2. The lowest BCUT2D eigenvalue weighted by atomic mass is 10.1. The van der Waals surface area contributed by atoms with Gasteiger partial charge in [-0.2, -0.15) is 0 Å². The van der Waals surface area contributed by atoms with Crippen molar-refractivity contribution in [1.82, 2.24) is 0 Å². The highest BCUT2D eigenvalue weighted by atomic mass is 32.2. The third-order valence-electron chi connectivity index (χ3n) is 4.68. The first-order valence-electron chi connectivity index (χ1n) is 8.67. The van der Waals surface area contributed by atoms with Crippen molar-refractivity contribution in [3.8, 4) is 0 Å². The second-order valence-electron chi connectivity index (χ2n) is 6.20. The fourth-order valence-electron chi connectivity index (χ4n) is 3.43. The van der Waals surface area contributed by atoms with Crippen molar-refractivity contribution in [1.29, 1.82) is 0 Å². The standard InChI is InChI=1S/C22H20N2OS/c1-26-21-13-7-3-9-17(21)22(25)23-18-10-4-6-12-20(18)24-15-14-16-8-2-5-11-19(16)24/h2-13H,14-15H2,1H3,(H,23,25). The van der Waals surface area contributed by atoms with Crippen LogP contribution in [0.1, 0.15) is 15.9 Å². The fraction of sp³-hybridized carbons (Fsp3) is 0.136. The molecule has 0 saturated carbocycles. The Morgan fingerprint density at radius 2 is 1.62 bits per heavy atom. The molecule has 0 bridgehead atoms. The number of hydrogen-bond donors (Lipinski definition) is 1. The topological polar surface area (TPSA) is 32.3 Å². The predicted molar refractivity (Wildman–Crippen MR) is 110 cm³/mol. The minimum Gasteiger partial charge on any atom is -0.339 e. The number of benzene rings is 3. The van der Waals surface area contributed by atoms with E-state index >= 15 is 0 Å². The lowest BCUT2D eigenvalue weighted by Gasteiger charge is -2.23. The number of rotatable bonds is 4. The number of thioether (sulfide) groups is 1. The van der Waals surface area contributed by atoms with Gasteiger partial charge < -0.3 is 10.2 Å². The van der Waals surface area contributed by atoms with E-state index in [1.54, 1.807) is 11.8 Å². The lowest BCUT2D eigenvalue weighted by Crippen LogP contribution is -2.18. The van der Waals surface area contributed by atoms with E-state index in [1.165, 1.54) is 11.3 Å². The third-order valence-corrected chi connectivity index (χ3v) is 5.48. The van der Waals surface area contributed by atoms with E-state index < -0.39 is 0 Å². The molecule has 0 aromatic heterocycles. The first-order valence-corrected chi connectivity index (χ1v) is 9.89. The first-order chi connectivity index (χ1) is 12.8. The van der Waals surface area contributed by atoms with Gasteiger partial charge in [0.15, 0.2) is 0 Å². The zero-order valence-electron chi connectivity index (χ0n) is 14.6. The molecule has 0 fully saturated rings. The molecule has 3 aromatic rings. The maximum atomic E-state index is 12.9. The summed E-state index contributed by atoms with van der Waals surface area (Å²) in [4.78, 5) is 16.1. The number of nitrogens with zero attached hydrogens (tertiary/aromatic N) is 1. The molecule has 1 heterocycles. The minimum atomic E-state index is -0.0742. The van der Waals surface area contributed by atoms with Crippen LogP contribution in [0.15, 0.2) is 77.7 Å². The van der Waals surface area contributed by atoms with E-state index in [0.717, 1.165) is 29.2 Å². The van der Waals surface area contributed by atoms with E-state index in [2.05, 4.69) is 40.5 Å². The monoisotopic (exact) mass is 360 g/mol. The number of para-hydroxylation sites is 3. The zero-order valence-corrected chi connectivity index (χ0v) is 15.4. The Bertz CT molecular complexity index is 954. The Morgan fingerprint density at radius 1 is 0.923 bits per heavy atom. The molecular weight excluding hydrogens is 340 g/mol. The van der Waals surface area contributed by atoms with Crippen molar-refractivity contribution >= 4 is 34.7 Å². The summed E-state index contributed by atoms with van der Waals surface area (Å²) in [5.74, 6) is -0.0742. The smallest absolute Gasteiger partial charge is 0.256 e. The molecule has 1 aliphatic heterocycles. The van der Waals surface area contributed by atoms with Crippen molar-refractivity contribution in [2.45, 2.75) is 11.3 Å². The molecule has 3 aromatic carbocycles. The predicted octanol–water partition coefficient (Wildman–Crippen LogP) is 5.36. The van der Waals surface area contributed by atoms with Gasteiger partial charge >= 0.3 is 0 Å². The Morgan fingerprint density at radius 3 is 2.46 bits per heavy atom. The van der Waals surface area contributed by atoms with Crippen LogP contribution in [0.2, 0.25) is 0 Å². The van der Waals surface area contributed by atoms with Gasteiger partial charge in [0.2, 0.25) is 0 Å². The molecule has 1 N–H and O–H groups in total. The molecule has 26 heavy (non-hydrogen) atoms. The van der Waals surface area contributed by atoms with Crippen LogP contribution >= 0.6 is 11.8 Å². The van der Waals surface area contributed by atoms with E-state index in [1.807, 2.05) is 48.7 Å². The normalized spacial score (nSPS) is 12.7. The summed E-state index contributed by atoms with van der Waals surface area (Å²) < 4.78 is 0. The van der Waals surface area contributed by atoms with Crippen LogP contribution in [0.5, 0.6) is 0 Å². The molecule has 0 spiro atoms. The highest BCUT2D eigenvalue weighted by Crippen LogP contribution is 2.38. The SMILES string of the molecule is CSc1ccccc1C(=O)Nc1ccccc1N1CCc2ccccc21. The van der Waals surface area contributed by atoms with Gasteiger partial charge in [-0.05, 0) is 48.6 Å². The second-order valence-corrected chi connectivity index (χ2v) is 7.05. The number of hydrogen-bond acceptors (Lipinski definition) is 3. The van der Waals surface area contributed by atoms with Crippen molar-refractivity contribution in [2.75, 3.05) is 23.0 Å². The minimum absolute atomic E-state index is 0.0742. The number of fused-ring (bicyclic) bond motifs is 1. The number of carbonyl (C=O) groups is 1. The molecule has 0 aliphatic carbocycles. The van der Waals surface area contributed by atoms with Crippen LogP contribution in [0.4, 0.5) is 17.1 Å².